The number of esters is 2. The average molecular weight is 261 g/mol. The maximum atomic E-state index is 11.4. The van der Waals surface area contributed by atoms with Gasteiger partial charge in [0.2, 0.25) is 0 Å². The molecule has 0 bridgehead atoms. The van der Waals surface area contributed by atoms with E-state index in [9.17, 15) is 18.0 Å². The third kappa shape index (κ3) is 2.41. The molecule has 2 aliphatic heterocycles. The van der Waals surface area contributed by atoms with Crippen molar-refractivity contribution in [3.8, 4) is 0 Å². The van der Waals surface area contributed by atoms with Gasteiger partial charge in [-0.05, 0) is 0 Å². The molecule has 0 aliphatic carbocycles. The van der Waals surface area contributed by atoms with E-state index in [1.54, 1.807) is 0 Å². The van der Waals surface area contributed by atoms with Gasteiger partial charge in [-0.1, -0.05) is 0 Å². The van der Waals surface area contributed by atoms with Gasteiger partial charge < -0.3 is 14.8 Å². The average Bonchev–Trinajstić information content (AvgIpc) is 2.51. The van der Waals surface area contributed by atoms with Gasteiger partial charge in [0.05, 0.1) is 30.7 Å². The summed E-state index contributed by atoms with van der Waals surface area (Å²) in [6.45, 7) is 0. The zero-order valence-electron chi connectivity index (χ0n) is 9.00. The number of hydrogen-bond donors (Lipinski definition) is 1. The molecule has 17 heavy (non-hydrogen) atoms. The van der Waals surface area contributed by atoms with Crippen LogP contribution in [-0.2, 0) is 28.9 Å². The van der Waals surface area contributed by atoms with Gasteiger partial charge in [0, 0.05) is 0 Å². The third-order valence-corrected chi connectivity index (χ3v) is 4.29. The Kier molecular flexibility index (Phi) is 2.82. The number of morpholine rings is 1. The van der Waals surface area contributed by atoms with Crippen LogP contribution in [0.3, 0.4) is 0 Å². The van der Waals surface area contributed by atoms with Crippen LogP contribution >= 0.6 is 0 Å². The second kappa shape index (κ2) is 4.02. The Bertz CT molecular complexity index is 494. The quantitative estimate of drug-likeness (QED) is 0.446. The second-order valence-corrected chi connectivity index (χ2v) is 6.01. The molecule has 0 radical (unpaired) electrons. The summed E-state index contributed by atoms with van der Waals surface area (Å²) in [5.74, 6) is -1.73. The Morgan fingerprint density at radius 1 is 1.53 bits per heavy atom. The Morgan fingerprint density at radius 3 is 2.88 bits per heavy atom. The molecule has 94 valence electrons. The first-order valence-electron chi connectivity index (χ1n) is 4.89. The Labute approximate surface area is 97.7 Å². The van der Waals surface area contributed by atoms with E-state index in [0.29, 0.717) is 0 Å². The number of carbonyl (C=O) groups excluding carboxylic acids is 2. The maximum absolute atomic E-state index is 11.4. The van der Waals surface area contributed by atoms with Crippen molar-refractivity contribution in [1.29, 1.82) is 0 Å². The van der Waals surface area contributed by atoms with Crippen LogP contribution in [0, 0.1) is 0 Å². The van der Waals surface area contributed by atoms with Gasteiger partial charge in [0.25, 0.3) is 0 Å². The number of hydrogen-bond acceptors (Lipinski definition) is 7. The number of carbonyl (C=O) groups is 2. The Balaban J connectivity index is 2.18. The lowest BCUT2D eigenvalue weighted by atomic mass is 10.1. The Hall–Kier alpha value is -1.57. The van der Waals surface area contributed by atoms with E-state index in [4.69, 9.17) is 4.74 Å². The maximum Gasteiger partial charge on any atom is 0.355 e. The van der Waals surface area contributed by atoms with Crippen LogP contribution in [0.5, 0.6) is 0 Å². The summed E-state index contributed by atoms with van der Waals surface area (Å²) in [7, 11) is -2.02. The van der Waals surface area contributed by atoms with Crippen molar-refractivity contribution < 1.29 is 27.5 Å². The van der Waals surface area contributed by atoms with Gasteiger partial charge in [-0.2, -0.15) is 0 Å². The number of methoxy groups -OCH3 is 1. The van der Waals surface area contributed by atoms with E-state index in [1.165, 1.54) is 7.11 Å². The van der Waals surface area contributed by atoms with Gasteiger partial charge in [0.15, 0.2) is 9.84 Å². The lowest BCUT2D eigenvalue weighted by molar-refractivity contribution is -0.148. The molecular formula is C9H11NO6S. The molecule has 0 aromatic carbocycles. The molecule has 2 rings (SSSR count). The largest absolute Gasteiger partial charge is 0.466 e. The summed E-state index contributed by atoms with van der Waals surface area (Å²) in [5, 5.41) is 2.69. The van der Waals surface area contributed by atoms with Crippen LogP contribution in [0.15, 0.2) is 11.8 Å². The normalized spacial score (nSPS) is 32.5. The van der Waals surface area contributed by atoms with E-state index in [-0.39, 0.29) is 17.2 Å². The fourth-order valence-electron chi connectivity index (χ4n) is 1.80. The summed E-state index contributed by atoms with van der Waals surface area (Å²) in [6, 6.07) is -0.492. The first kappa shape index (κ1) is 11.9. The molecule has 0 saturated carbocycles. The predicted molar refractivity (Wildman–Crippen MR) is 55.6 cm³/mol. The molecule has 2 aliphatic rings. The third-order valence-electron chi connectivity index (χ3n) is 2.58. The SMILES string of the molecule is COC(=O)C=C1NC2CS(=O)(=O)CC2OC1=O. The highest BCUT2D eigenvalue weighted by Gasteiger charge is 2.44. The van der Waals surface area contributed by atoms with E-state index in [0.717, 1.165) is 6.08 Å². The smallest absolute Gasteiger partial charge is 0.355 e. The highest BCUT2D eigenvalue weighted by atomic mass is 32.2. The van der Waals surface area contributed by atoms with Crippen molar-refractivity contribution in [2.75, 3.05) is 18.6 Å². The van der Waals surface area contributed by atoms with Crippen LogP contribution in [0.25, 0.3) is 0 Å². The van der Waals surface area contributed by atoms with Crippen molar-refractivity contribution in [3.05, 3.63) is 11.8 Å². The summed E-state index contributed by atoms with van der Waals surface area (Å²) >= 11 is 0. The van der Waals surface area contributed by atoms with Gasteiger partial charge >= 0.3 is 11.9 Å². The number of rotatable bonds is 1. The first-order chi connectivity index (χ1) is 7.91. The molecule has 2 heterocycles. The van der Waals surface area contributed by atoms with Gasteiger partial charge in [-0.25, -0.2) is 18.0 Å². The van der Waals surface area contributed by atoms with Crippen LogP contribution in [0.2, 0.25) is 0 Å². The minimum atomic E-state index is -3.19. The molecule has 8 heteroatoms. The summed E-state index contributed by atoms with van der Waals surface area (Å²) < 4.78 is 32.0. The molecule has 2 unspecified atom stereocenters. The molecule has 7 nitrogen and oxygen atoms in total. The highest BCUT2D eigenvalue weighted by Crippen LogP contribution is 2.22. The van der Waals surface area contributed by atoms with E-state index >= 15 is 0 Å². The summed E-state index contributed by atoms with van der Waals surface area (Å²) in [4.78, 5) is 22.4. The lowest BCUT2D eigenvalue weighted by Crippen LogP contribution is -2.48. The van der Waals surface area contributed by atoms with E-state index in [1.807, 2.05) is 0 Å². The lowest BCUT2D eigenvalue weighted by Gasteiger charge is -2.27. The number of ether oxygens (including phenoxy) is 2. The minimum Gasteiger partial charge on any atom is -0.466 e. The fraction of sp³-hybridized carbons (Fsp3) is 0.556. The zero-order chi connectivity index (χ0) is 12.6. The van der Waals surface area contributed by atoms with Crippen molar-refractivity contribution in [1.82, 2.24) is 5.32 Å². The number of fused-ring (bicyclic) bond motifs is 1. The molecule has 0 spiro atoms. The predicted octanol–water partition coefficient (Wildman–Crippen LogP) is -1.64. The molecule has 0 aromatic heterocycles. The number of sulfone groups is 1. The molecule has 2 saturated heterocycles. The zero-order valence-corrected chi connectivity index (χ0v) is 9.82. The fourth-order valence-corrected chi connectivity index (χ4v) is 3.59. The molecule has 2 fully saturated rings. The molecule has 1 N–H and O–H groups in total. The van der Waals surface area contributed by atoms with Gasteiger partial charge in [0.1, 0.15) is 11.8 Å². The van der Waals surface area contributed by atoms with Crippen molar-refractivity contribution in [2.24, 2.45) is 0 Å². The number of nitrogens with one attached hydrogen (secondary N) is 1. The minimum absolute atomic E-state index is 0.0739. The topological polar surface area (TPSA) is 98.8 Å². The molecular weight excluding hydrogens is 250 g/mol. The summed E-state index contributed by atoms with van der Waals surface area (Å²) in [6.07, 6.45) is 0.269. The van der Waals surface area contributed by atoms with Gasteiger partial charge in [-0.3, -0.25) is 0 Å². The Morgan fingerprint density at radius 2 is 2.24 bits per heavy atom. The second-order valence-electron chi connectivity index (χ2n) is 3.85. The van der Waals surface area contributed by atoms with E-state index < -0.39 is 33.9 Å². The summed E-state index contributed by atoms with van der Waals surface area (Å²) in [5.41, 5.74) is -0.0739. The van der Waals surface area contributed by atoms with Crippen molar-refractivity contribution in [2.45, 2.75) is 12.1 Å². The van der Waals surface area contributed by atoms with Crippen LogP contribution < -0.4 is 5.32 Å². The first-order valence-corrected chi connectivity index (χ1v) is 6.71. The van der Waals surface area contributed by atoms with Gasteiger partial charge in [-0.15, -0.1) is 0 Å². The monoisotopic (exact) mass is 261 g/mol. The van der Waals surface area contributed by atoms with Crippen LogP contribution in [0.4, 0.5) is 0 Å². The molecule has 0 amide bonds. The van der Waals surface area contributed by atoms with Crippen molar-refractivity contribution >= 4 is 21.8 Å². The van der Waals surface area contributed by atoms with E-state index in [2.05, 4.69) is 10.1 Å². The standard InChI is InChI=1S/C9H11NO6S/c1-15-8(11)2-5-9(12)16-7-4-17(13,14)3-6(7)10-5/h2,6-7,10H,3-4H2,1H3. The molecule has 0 aromatic rings. The molecule has 2 atom stereocenters. The van der Waals surface area contributed by atoms with Crippen LogP contribution in [-0.4, -0.2) is 51.1 Å². The highest BCUT2D eigenvalue weighted by molar-refractivity contribution is 7.91. The van der Waals surface area contributed by atoms with Crippen LogP contribution in [0.1, 0.15) is 0 Å². The van der Waals surface area contributed by atoms with Crippen molar-refractivity contribution in [3.63, 3.8) is 0 Å².